The lowest BCUT2D eigenvalue weighted by Crippen LogP contribution is -2.28. The van der Waals surface area contributed by atoms with Gasteiger partial charge in [0.1, 0.15) is 16.5 Å². The smallest absolute Gasteiger partial charge is 0.254 e. The number of nitrogens with one attached hydrogen (secondary N) is 1. The monoisotopic (exact) mass is 468 g/mol. The first kappa shape index (κ1) is 22.4. The van der Waals surface area contributed by atoms with Crippen molar-refractivity contribution in [3.05, 3.63) is 78.0 Å². The molecular weight excluding hydrogens is 447 g/mol. The standard InChI is InChI=1S/C23H21FN4O4S/c1-3-19(14-4-9-21(29)22(10-14)33(2,31)32)27-23(30)18-11-25-13-20-17(18)12-26-28(20)16-7-5-15(24)6-8-16/h4-13,19,29H,3H2,1-2H3,(H,27,30). The Morgan fingerprint density at radius 2 is 1.88 bits per heavy atom. The summed E-state index contributed by atoms with van der Waals surface area (Å²) in [7, 11) is -3.64. The average Bonchev–Trinajstić information content (AvgIpc) is 3.22. The molecule has 0 spiro atoms. The lowest BCUT2D eigenvalue weighted by atomic mass is 10.0. The van der Waals surface area contributed by atoms with Crippen LogP contribution < -0.4 is 5.32 Å². The van der Waals surface area contributed by atoms with Crippen LogP contribution in [-0.2, 0) is 9.84 Å². The summed E-state index contributed by atoms with van der Waals surface area (Å²) in [6.07, 6.45) is 6.03. The van der Waals surface area contributed by atoms with Crippen molar-refractivity contribution in [2.75, 3.05) is 6.26 Å². The van der Waals surface area contributed by atoms with Crippen molar-refractivity contribution in [2.24, 2.45) is 0 Å². The van der Waals surface area contributed by atoms with Gasteiger partial charge in [-0.15, -0.1) is 0 Å². The second-order valence-electron chi connectivity index (χ2n) is 7.59. The lowest BCUT2D eigenvalue weighted by molar-refractivity contribution is 0.0937. The van der Waals surface area contributed by atoms with Crippen molar-refractivity contribution in [1.29, 1.82) is 0 Å². The van der Waals surface area contributed by atoms with E-state index in [9.17, 15) is 22.7 Å². The molecule has 10 heteroatoms. The summed E-state index contributed by atoms with van der Waals surface area (Å²) >= 11 is 0. The quantitative estimate of drug-likeness (QED) is 0.447. The van der Waals surface area contributed by atoms with E-state index < -0.39 is 21.8 Å². The van der Waals surface area contributed by atoms with E-state index in [-0.39, 0.29) is 16.5 Å². The number of phenols is 1. The van der Waals surface area contributed by atoms with Gasteiger partial charge >= 0.3 is 0 Å². The molecule has 2 N–H and O–H groups in total. The van der Waals surface area contributed by atoms with Crippen molar-refractivity contribution in [2.45, 2.75) is 24.3 Å². The van der Waals surface area contributed by atoms with Gasteiger partial charge in [-0.2, -0.15) is 5.10 Å². The number of hydrogen-bond acceptors (Lipinski definition) is 6. The van der Waals surface area contributed by atoms with Gasteiger partial charge in [-0.1, -0.05) is 13.0 Å². The van der Waals surface area contributed by atoms with Gasteiger partial charge in [-0.05, 0) is 48.4 Å². The van der Waals surface area contributed by atoms with E-state index >= 15 is 0 Å². The highest BCUT2D eigenvalue weighted by molar-refractivity contribution is 7.90. The van der Waals surface area contributed by atoms with E-state index in [4.69, 9.17) is 0 Å². The number of sulfone groups is 1. The van der Waals surface area contributed by atoms with Crippen LogP contribution in [0.2, 0.25) is 0 Å². The third kappa shape index (κ3) is 4.42. The molecule has 1 unspecified atom stereocenters. The molecular formula is C23H21FN4O4S. The van der Waals surface area contributed by atoms with Crippen LogP contribution in [0.5, 0.6) is 5.75 Å². The van der Waals surface area contributed by atoms with Gasteiger partial charge in [0.15, 0.2) is 9.84 Å². The number of carbonyl (C=O) groups is 1. The van der Waals surface area contributed by atoms with E-state index in [1.807, 2.05) is 6.92 Å². The third-order valence-electron chi connectivity index (χ3n) is 5.31. The fourth-order valence-corrected chi connectivity index (χ4v) is 4.41. The largest absolute Gasteiger partial charge is 0.507 e. The maximum absolute atomic E-state index is 13.3. The number of carbonyl (C=O) groups excluding carboxylic acids is 1. The fraction of sp³-hybridized carbons (Fsp3) is 0.174. The molecule has 33 heavy (non-hydrogen) atoms. The molecule has 1 amide bonds. The number of halogens is 1. The molecule has 0 aliphatic rings. The Balaban J connectivity index is 1.67. The van der Waals surface area contributed by atoms with E-state index in [1.54, 1.807) is 35.3 Å². The molecule has 2 aromatic heterocycles. The Morgan fingerprint density at radius 1 is 1.15 bits per heavy atom. The van der Waals surface area contributed by atoms with Crippen LogP contribution >= 0.6 is 0 Å². The maximum atomic E-state index is 13.3. The van der Waals surface area contributed by atoms with Crippen molar-refractivity contribution in [3.8, 4) is 11.4 Å². The molecule has 2 heterocycles. The molecule has 0 fully saturated rings. The average molecular weight is 469 g/mol. The van der Waals surface area contributed by atoms with Gasteiger partial charge in [0.25, 0.3) is 5.91 Å². The first-order chi connectivity index (χ1) is 15.7. The summed E-state index contributed by atoms with van der Waals surface area (Å²) in [5.41, 5.74) is 2.04. The van der Waals surface area contributed by atoms with Gasteiger partial charge < -0.3 is 10.4 Å². The van der Waals surface area contributed by atoms with E-state index in [2.05, 4.69) is 15.4 Å². The van der Waals surface area contributed by atoms with Gasteiger partial charge in [-0.25, -0.2) is 17.5 Å². The third-order valence-corrected chi connectivity index (χ3v) is 6.44. The minimum absolute atomic E-state index is 0.197. The number of pyridine rings is 1. The van der Waals surface area contributed by atoms with Crippen molar-refractivity contribution in [3.63, 3.8) is 0 Å². The second kappa shape index (κ2) is 8.62. The number of nitrogens with zero attached hydrogens (tertiary/aromatic N) is 3. The second-order valence-corrected chi connectivity index (χ2v) is 9.57. The summed E-state index contributed by atoms with van der Waals surface area (Å²) in [5, 5.41) is 17.7. The number of rotatable bonds is 6. The lowest BCUT2D eigenvalue weighted by Gasteiger charge is -2.19. The van der Waals surface area contributed by atoms with Crippen LogP contribution in [0.1, 0.15) is 35.3 Å². The number of aromatic nitrogens is 3. The van der Waals surface area contributed by atoms with Gasteiger partial charge in [-0.3, -0.25) is 9.78 Å². The maximum Gasteiger partial charge on any atom is 0.254 e. The zero-order chi connectivity index (χ0) is 23.8. The number of aromatic hydroxyl groups is 1. The van der Waals surface area contributed by atoms with Crippen LogP contribution in [0.25, 0.3) is 16.6 Å². The Morgan fingerprint density at radius 3 is 2.55 bits per heavy atom. The van der Waals surface area contributed by atoms with Crippen molar-refractivity contribution in [1.82, 2.24) is 20.1 Å². The van der Waals surface area contributed by atoms with Crippen LogP contribution in [0, 0.1) is 5.82 Å². The molecule has 0 bridgehead atoms. The molecule has 2 aromatic carbocycles. The highest BCUT2D eigenvalue weighted by Gasteiger charge is 2.21. The Kier molecular flexibility index (Phi) is 5.86. The van der Waals surface area contributed by atoms with E-state index in [1.165, 1.54) is 30.5 Å². The Labute approximate surface area is 189 Å². The molecule has 0 radical (unpaired) electrons. The Bertz CT molecular complexity index is 1450. The fourth-order valence-electron chi connectivity index (χ4n) is 3.61. The van der Waals surface area contributed by atoms with Crippen LogP contribution in [-0.4, -0.2) is 40.5 Å². The van der Waals surface area contributed by atoms with Crippen LogP contribution in [0.3, 0.4) is 0 Å². The predicted molar refractivity (Wildman–Crippen MR) is 121 cm³/mol. The first-order valence-electron chi connectivity index (χ1n) is 10.1. The summed E-state index contributed by atoms with van der Waals surface area (Å²) in [4.78, 5) is 17.1. The molecule has 0 saturated carbocycles. The minimum atomic E-state index is -3.64. The van der Waals surface area contributed by atoms with Gasteiger partial charge in [0.05, 0.1) is 35.2 Å². The SMILES string of the molecule is CCC(NC(=O)c1cncc2c1cnn2-c1ccc(F)cc1)c1ccc(O)c(S(C)(=O)=O)c1. The van der Waals surface area contributed by atoms with Crippen molar-refractivity contribution < 1.29 is 22.7 Å². The number of hydrogen-bond donors (Lipinski definition) is 2. The summed E-state index contributed by atoms with van der Waals surface area (Å²) in [6.45, 7) is 1.85. The zero-order valence-electron chi connectivity index (χ0n) is 17.9. The molecule has 0 aliphatic heterocycles. The molecule has 1 atom stereocenters. The summed E-state index contributed by atoms with van der Waals surface area (Å²) in [5.74, 6) is -1.12. The van der Waals surface area contributed by atoms with Crippen LogP contribution in [0.4, 0.5) is 4.39 Å². The number of phenolic OH excluding ortho intramolecular Hbond substituents is 1. The molecule has 4 rings (SSSR count). The minimum Gasteiger partial charge on any atom is -0.507 e. The topological polar surface area (TPSA) is 114 Å². The molecule has 8 nitrogen and oxygen atoms in total. The predicted octanol–water partition coefficient (Wildman–Crippen LogP) is 3.55. The molecule has 4 aromatic rings. The molecule has 170 valence electrons. The van der Waals surface area contributed by atoms with Gasteiger partial charge in [0.2, 0.25) is 0 Å². The van der Waals surface area contributed by atoms with Crippen molar-refractivity contribution >= 4 is 26.6 Å². The zero-order valence-corrected chi connectivity index (χ0v) is 18.7. The molecule has 0 aliphatic carbocycles. The molecule has 0 saturated heterocycles. The van der Waals surface area contributed by atoms with E-state index in [0.717, 1.165) is 6.26 Å². The first-order valence-corrected chi connectivity index (χ1v) is 12.0. The number of amides is 1. The van der Waals surface area contributed by atoms with Gasteiger partial charge in [0, 0.05) is 17.8 Å². The Hall–Kier alpha value is -3.79. The number of fused-ring (bicyclic) bond motifs is 1. The highest BCUT2D eigenvalue weighted by atomic mass is 32.2. The number of benzene rings is 2. The normalized spacial score (nSPS) is 12.6. The highest BCUT2D eigenvalue weighted by Crippen LogP contribution is 2.28. The van der Waals surface area contributed by atoms with E-state index in [0.29, 0.717) is 34.1 Å². The summed E-state index contributed by atoms with van der Waals surface area (Å²) in [6, 6.07) is 9.53. The van der Waals surface area contributed by atoms with Crippen LogP contribution in [0.15, 0.2) is 66.0 Å². The summed E-state index contributed by atoms with van der Waals surface area (Å²) < 4.78 is 38.8.